The molecule has 1 saturated heterocycles. The monoisotopic (exact) mass is 415 g/mol. The SMILES string of the molecule is COC(=O)N1CCCN(C(=O)c2nn(-c3ccccc3[N+](=O)[O-])c(C)cc2=O)CC1. The standard InChI is InChI=1S/C19H21N5O6/c1-13-12-16(25)17(20-23(13)14-6-3-4-7-15(14)24(28)29)18(26)21-8-5-9-22(11-10-21)19(27)30-2/h3-4,6-7,12H,5,8-11H2,1-2H3. The molecular weight excluding hydrogens is 394 g/mol. The fraction of sp³-hybridized carbons (Fsp3) is 0.368. The highest BCUT2D eigenvalue weighted by atomic mass is 16.6. The van der Waals surface area contributed by atoms with Crippen LogP contribution in [-0.4, -0.2) is 69.8 Å². The normalized spacial score (nSPS) is 14.2. The van der Waals surface area contributed by atoms with Gasteiger partial charge >= 0.3 is 6.09 Å². The number of aryl methyl sites for hydroxylation is 1. The summed E-state index contributed by atoms with van der Waals surface area (Å²) >= 11 is 0. The van der Waals surface area contributed by atoms with Crippen molar-refractivity contribution in [2.24, 2.45) is 0 Å². The number of nitrogens with zero attached hydrogens (tertiary/aromatic N) is 5. The minimum Gasteiger partial charge on any atom is -0.453 e. The van der Waals surface area contributed by atoms with Gasteiger partial charge in [-0.2, -0.15) is 5.10 Å². The molecule has 1 aliphatic rings. The zero-order valence-electron chi connectivity index (χ0n) is 16.6. The summed E-state index contributed by atoms with van der Waals surface area (Å²) in [4.78, 5) is 51.0. The minimum atomic E-state index is -0.584. The molecule has 30 heavy (non-hydrogen) atoms. The van der Waals surface area contributed by atoms with Gasteiger partial charge in [-0.15, -0.1) is 0 Å². The van der Waals surface area contributed by atoms with Crippen LogP contribution < -0.4 is 5.43 Å². The Balaban J connectivity index is 1.95. The first-order chi connectivity index (χ1) is 14.3. The second-order valence-corrected chi connectivity index (χ2v) is 6.76. The molecule has 0 aliphatic carbocycles. The van der Waals surface area contributed by atoms with Gasteiger partial charge in [0.1, 0.15) is 5.69 Å². The Morgan fingerprint density at radius 2 is 1.80 bits per heavy atom. The molecule has 2 aromatic rings. The van der Waals surface area contributed by atoms with Crippen molar-refractivity contribution < 1.29 is 19.2 Å². The maximum absolute atomic E-state index is 13.0. The van der Waals surface area contributed by atoms with Crippen molar-refractivity contribution in [1.29, 1.82) is 0 Å². The molecule has 1 aliphatic heterocycles. The van der Waals surface area contributed by atoms with Crippen LogP contribution in [0.4, 0.5) is 10.5 Å². The van der Waals surface area contributed by atoms with E-state index in [2.05, 4.69) is 5.10 Å². The molecule has 0 spiro atoms. The molecule has 0 atom stereocenters. The van der Waals surface area contributed by atoms with Crippen molar-refractivity contribution in [3.63, 3.8) is 0 Å². The maximum Gasteiger partial charge on any atom is 0.409 e. The lowest BCUT2D eigenvalue weighted by Crippen LogP contribution is -2.39. The van der Waals surface area contributed by atoms with E-state index in [-0.39, 0.29) is 30.2 Å². The average molecular weight is 415 g/mol. The number of hydrogen-bond acceptors (Lipinski definition) is 7. The third-order valence-electron chi connectivity index (χ3n) is 4.83. The third-order valence-corrected chi connectivity index (χ3v) is 4.83. The number of carbonyl (C=O) groups is 2. The quantitative estimate of drug-likeness (QED) is 0.547. The third kappa shape index (κ3) is 4.14. The molecule has 0 N–H and O–H groups in total. The van der Waals surface area contributed by atoms with Crippen LogP contribution in [0.1, 0.15) is 22.6 Å². The van der Waals surface area contributed by atoms with E-state index in [1.165, 1.54) is 45.9 Å². The van der Waals surface area contributed by atoms with Crippen molar-refractivity contribution in [3.05, 3.63) is 62.1 Å². The van der Waals surface area contributed by atoms with Crippen LogP contribution in [0.2, 0.25) is 0 Å². The van der Waals surface area contributed by atoms with Gasteiger partial charge in [0.25, 0.3) is 11.6 Å². The Hall–Kier alpha value is -3.76. The highest BCUT2D eigenvalue weighted by molar-refractivity contribution is 5.92. The van der Waals surface area contributed by atoms with E-state index in [4.69, 9.17) is 4.74 Å². The summed E-state index contributed by atoms with van der Waals surface area (Å²) in [5.74, 6) is -0.584. The molecule has 0 unspecified atom stereocenters. The molecule has 158 valence electrons. The summed E-state index contributed by atoms with van der Waals surface area (Å²) < 4.78 is 5.94. The van der Waals surface area contributed by atoms with Gasteiger partial charge in [-0.25, -0.2) is 9.48 Å². The Bertz CT molecular complexity index is 1050. The first-order valence-corrected chi connectivity index (χ1v) is 9.30. The number of benzene rings is 1. The lowest BCUT2D eigenvalue weighted by atomic mass is 10.2. The van der Waals surface area contributed by atoms with E-state index in [0.29, 0.717) is 25.2 Å². The van der Waals surface area contributed by atoms with E-state index >= 15 is 0 Å². The molecule has 0 saturated carbocycles. The van der Waals surface area contributed by atoms with Crippen molar-refractivity contribution in [2.45, 2.75) is 13.3 Å². The Kier molecular flexibility index (Phi) is 6.09. The van der Waals surface area contributed by atoms with Crippen molar-refractivity contribution in [1.82, 2.24) is 19.6 Å². The minimum absolute atomic E-state index is 0.154. The molecule has 11 heteroatoms. The lowest BCUT2D eigenvalue weighted by Gasteiger charge is -2.21. The van der Waals surface area contributed by atoms with Gasteiger partial charge in [-0.05, 0) is 19.4 Å². The predicted octanol–water partition coefficient (Wildman–Crippen LogP) is 1.36. The van der Waals surface area contributed by atoms with Gasteiger partial charge in [-0.1, -0.05) is 12.1 Å². The summed E-state index contributed by atoms with van der Waals surface area (Å²) in [6.07, 6.45) is 0.0434. The Labute approximate surface area is 171 Å². The molecular formula is C19H21N5O6. The number of amides is 2. The van der Waals surface area contributed by atoms with Gasteiger partial charge in [0, 0.05) is 44.0 Å². The zero-order chi connectivity index (χ0) is 21.8. The average Bonchev–Trinajstić information content (AvgIpc) is 2.99. The lowest BCUT2D eigenvalue weighted by molar-refractivity contribution is -0.384. The summed E-state index contributed by atoms with van der Waals surface area (Å²) in [5.41, 5.74) is -0.578. The van der Waals surface area contributed by atoms with Crippen LogP contribution in [0.5, 0.6) is 0 Å². The van der Waals surface area contributed by atoms with Gasteiger partial charge in [0.15, 0.2) is 5.69 Å². The molecule has 0 bridgehead atoms. The first-order valence-electron chi connectivity index (χ1n) is 9.30. The van der Waals surface area contributed by atoms with E-state index in [1.807, 2.05) is 0 Å². The van der Waals surface area contributed by atoms with Crippen molar-refractivity contribution in [3.8, 4) is 5.69 Å². The molecule has 1 aromatic heterocycles. The second kappa shape index (κ2) is 8.72. The van der Waals surface area contributed by atoms with Crippen LogP contribution in [0, 0.1) is 17.0 Å². The van der Waals surface area contributed by atoms with E-state index in [0.717, 1.165) is 0 Å². The molecule has 11 nitrogen and oxygen atoms in total. The topological polar surface area (TPSA) is 128 Å². The van der Waals surface area contributed by atoms with Gasteiger partial charge in [0.05, 0.1) is 12.0 Å². The number of nitro benzene ring substituents is 1. The number of nitro groups is 1. The summed E-state index contributed by atoms with van der Waals surface area (Å²) in [6.45, 7) is 2.83. The number of para-hydroxylation sites is 2. The molecule has 2 heterocycles. The molecule has 1 aromatic carbocycles. The van der Waals surface area contributed by atoms with E-state index < -0.39 is 22.4 Å². The molecule has 1 fully saturated rings. The summed E-state index contributed by atoms with van der Waals surface area (Å²) in [7, 11) is 1.29. The summed E-state index contributed by atoms with van der Waals surface area (Å²) in [6, 6.07) is 7.19. The van der Waals surface area contributed by atoms with Crippen molar-refractivity contribution in [2.75, 3.05) is 33.3 Å². The first kappa shape index (κ1) is 21.0. The Morgan fingerprint density at radius 1 is 1.13 bits per heavy atom. The number of hydrogen-bond donors (Lipinski definition) is 0. The molecule has 0 radical (unpaired) electrons. The van der Waals surface area contributed by atoms with Crippen LogP contribution >= 0.6 is 0 Å². The zero-order valence-corrected chi connectivity index (χ0v) is 16.6. The second-order valence-electron chi connectivity index (χ2n) is 6.76. The molecule has 3 rings (SSSR count). The smallest absolute Gasteiger partial charge is 0.409 e. The fourth-order valence-corrected chi connectivity index (χ4v) is 3.32. The fourth-order valence-electron chi connectivity index (χ4n) is 3.32. The van der Waals surface area contributed by atoms with E-state index in [1.54, 1.807) is 13.0 Å². The largest absolute Gasteiger partial charge is 0.453 e. The van der Waals surface area contributed by atoms with Crippen LogP contribution in [-0.2, 0) is 4.74 Å². The number of rotatable bonds is 3. The highest BCUT2D eigenvalue weighted by Gasteiger charge is 2.27. The number of carbonyl (C=O) groups excluding carboxylic acids is 2. The van der Waals surface area contributed by atoms with Gasteiger partial charge in [0.2, 0.25) is 5.43 Å². The Morgan fingerprint density at radius 3 is 2.50 bits per heavy atom. The molecule has 2 amide bonds. The number of aromatic nitrogens is 2. The van der Waals surface area contributed by atoms with Crippen LogP contribution in [0.15, 0.2) is 35.1 Å². The van der Waals surface area contributed by atoms with E-state index in [9.17, 15) is 24.5 Å². The predicted molar refractivity (Wildman–Crippen MR) is 106 cm³/mol. The highest BCUT2D eigenvalue weighted by Crippen LogP contribution is 2.22. The van der Waals surface area contributed by atoms with Crippen molar-refractivity contribution >= 4 is 17.7 Å². The summed E-state index contributed by atoms with van der Waals surface area (Å²) in [5, 5.41) is 15.5. The van der Waals surface area contributed by atoms with Crippen LogP contribution in [0.25, 0.3) is 5.69 Å². The van der Waals surface area contributed by atoms with Crippen LogP contribution in [0.3, 0.4) is 0 Å². The van der Waals surface area contributed by atoms with Gasteiger partial charge < -0.3 is 14.5 Å². The van der Waals surface area contributed by atoms with Gasteiger partial charge in [-0.3, -0.25) is 19.7 Å². The number of ether oxygens (including phenoxy) is 1. The number of methoxy groups -OCH3 is 1. The maximum atomic E-state index is 13.0.